The first-order valence-electron chi connectivity index (χ1n) is 10.3. The number of aromatic amines is 1. The average molecular weight is 419 g/mol. The molecule has 2 aromatic heterocycles. The van der Waals surface area contributed by atoms with Gasteiger partial charge in [0.2, 0.25) is 0 Å². The predicted molar refractivity (Wildman–Crippen MR) is 119 cm³/mol. The first-order valence-corrected chi connectivity index (χ1v) is 10.3. The number of halogens is 2. The topological polar surface area (TPSA) is 48.1 Å². The number of aromatic nitrogens is 3. The molecular weight excluding hydrogens is 396 g/mol. The van der Waals surface area contributed by atoms with Gasteiger partial charge in [-0.3, -0.25) is 5.10 Å². The van der Waals surface area contributed by atoms with Crippen LogP contribution in [-0.2, 0) is 0 Å². The van der Waals surface area contributed by atoms with Crippen LogP contribution >= 0.6 is 0 Å². The number of hydrogen-bond donors (Lipinski definition) is 1. The maximum atomic E-state index is 12.9. The minimum atomic E-state index is -2.48. The Kier molecular flexibility index (Phi) is 5.11. The van der Waals surface area contributed by atoms with Crippen molar-refractivity contribution in [3.63, 3.8) is 0 Å². The van der Waals surface area contributed by atoms with Crippen LogP contribution in [0.25, 0.3) is 33.4 Å². The van der Waals surface area contributed by atoms with Crippen molar-refractivity contribution < 1.29 is 8.78 Å². The fraction of sp³-hybridized carbons (Fsp3) is 0.250. The van der Waals surface area contributed by atoms with Gasteiger partial charge in [-0.1, -0.05) is 36.4 Å². The number of anilines is 1. The lowest BCUT2D eigenvalue weighted by atomic mass is 10.0. The Labute approximate surface area is 179 Å². The van der Waals surface area contributed by atoms with E-state index in [0.717, 1.165) is 53.9 Å². The van der Waals surface area contributed by atoms with Gasteiger partial charge in [-0.2, -0.15) is 5.10 Å². The van der Waals surface area contributed by atoms with Crippen LogP contribution < -0.4 is 4.90 Å². The molecule has 0 radical (unpaired) electrons. The zero-order valence-corrected chi connectivity index (χ0v) is 17.2. The second-order valence-electron chi connectivity index (χ2n) is 7.95. The molecular formula is C24H23F2N5. The lowest BCUT2D eigenvalue weighted by molar-refractivity contribution is 0.151. The maximum absolute atomic E-state index is 12.9. The minimum absolute atomic E-state index is 0.00632. The van der Waals surface area contributed by atoms with Crippen LogP contribution in [0.15, 0.2) is 60.8 Å². The Balaban J connectivity index is 1.44. The smallest absolute Gasteiger partial charge is 0.263 e. The molecule has 1 aliphatic rings. The Morgan fingerprint density at radius 3 is 2.23 bits per heavy atom. The molecule has 0 unspecified atom stereocenters. The molecule has 2 aromatic carbocycles. The van der Waals surface area contributed by atoms with Gasteiger partial charge in [0, 0.05) is 60.1 Å². The highest BCUT2D eigenvalue weighted by Crippen LogP contribution is 2.31. The standard InChI is InChI=1S/C24H23F2N5/c1-30-10-12-31(13-11-30)20-8-6-16(7-9-20)19-14-21-22(28-29-24(21)27-15-19)17-2-4-18(5-3-17)23(25)26/h2-9,14-15,23H,10-13H2,1H3,(H,27,28,29). The molecule has 0 atom stereocenters. The van der Waals surface area contributed by atoms with Gasteiger partial charge >= 0.3 is 0 Å². The number of likely N-dealkylation sites (N-methyl/N-ethyl adjacent to an activating group) is 1. The van der Waals surface area contributed by atoms with Gasteiger partial charge in [0.15, 0.2) is 5.65 Å². The second-order valence-corrected chi connectivity index (χ2v) is 7.95. The van der Waals surface area contributed by atoms with Crippen molar-refractivity contribution in [1.29, 1.82) is 0 Å². The number of piperazine rings is 1. The fourth-order valence-electron chi connectivity index (χ4n) is 4.00. The predicted octanol–water partition coefficient (Wildman–Crippen LogP) is 4.98. The number of pyridine rings is 1. The Morgan fingerprint density at radius 1 is 0.871 bits per heavy atom. The van der Waals surface area contributed by atoms with E-state index in [9.17, 15) is 8.78 Å². The molecule has 0 spiro atoms. The zero-order chi connectivity index (χ0) is 21.4. The summed E-state index contributed by atoms with van der Waals surface area (Å²) in [5.41, 5.74) is 5.49. The third-order valence-corrected chi connectivity index (χ3v) is 5.93. The highest BCUT2D eigenvalue weighted by Gasteiger charge is 2.15. The van der Waals surface area contributed by atoms with E-state index < -0.39 is 6.43 Å². The maximum Gasteiger partial charge on any atom is 0.263 e. The van der Waals surface area contributed by atoms with Gasteiger partial charge in [0.05, 0.1) is 5.69 Å². The molecule has 1 aliphatic heterocycles. The summed E-state index contributed by atoms with van der Waals surface area (Å²) in [6.07, 6.45) is -0.660. The first kappa shape index (κ1) is 19.6. The van der Waals surface area contributed by atoms with Crippen molar-refractivity contribution in [2.24, 2.45) is 0 Å². The largest absolute Gasteiger partial charge is 0.369 e. The van der Waals surface area contributed by atoms with Crippen molar-refractivity contribution in [3.05, 3.63) is 66.4 Å². The van der Waals surface area contributed by atoms with Crippen LogP contribution in [0.5, 0.6) is 0 Å². The van der Waals surface area contributed by atoms with Crippen LogP contribution in [-0.4, -0.2) is 53.3 Å². The number of fused-ring (bicyclic) bond motifs is 1. The van der Waals surface area contributed by atoms with E-state index in [1.54, 1.807) is 12.1 Å². The molecule has 1 saturated heterocycles. The SMILES string of the molecule is CN1CCN(c2ccc(-c3cnc4n[nH]c(-c5ccc(C(F)F)cc5)c4c3)cc2)CC1. The summed E-state index contributed by atoms with van der Waals surface area (Å²) in [5, 5.41) is 8.14. The van der Waals surface area contributed by atoms with Crippen LogP contribution in [0.2, 0.25) is 0 Å². The van der Waals surface area contributed by atoms with Crippen molar-refractivity contribution in [1.82, 2.24) is 20.1 Å². The Morgan fingerprint density at radius 2 is 1.55 bits per heavy atom. The Bertz CT molecular complexity index is 1180. The molecule has 4 aromatic rings. The molecule has 7 heteroatoms. The summed E-state index contributed by atoms with van der Waals surface area (Å²) in [6, 6.07) is 16.9. The van der Waals surface area contributed by atoms with Crippen molar-refractivity contribution >= 4 is 16.7 Å². The van der Waals surface area contributed by atoms with E-state index >= 15 is 0 Å². The van der Waals surface area contributed by atoms with Crippen LogP contribution in [0, 0.1) is 0 Å². The highest BCUT2D eigenvalue weighted by molar-refractivity contribution is 5.93. The molecule has 1 N–H and O–H groups in total. The van der Waals surface area contributed by atoms with Crippen LogP contribution in [0.3, 0.4) is 0 Å². The molecule has 3 heterocycles. The van der Waals surface area contributed by atoms with Gasteiger partial charge in [0.25, 0.3) is 6.43 Å². The van der Waals surface area contributed by atoms with Crippen LogP contribution in [0.4, 0.5) is 14.5 Å². The lowest BCUT2D eigenvalue weighted by Crippen LogP contribution is -2.44. The van der Waals surface area contributed by atoms with E-state index in [2.05, 4.69) is 56.3 Å². The summed E-state index contributed by atoms with van der Waals surface area (Å²) in [5.74, 6) is 0. The molecule has 0 bridgehead atoms. The Hall–Kier alpha value is -3.32. The number of benzene rings is 2. The number of alkyl halides is 2. The summed E-state index contributed by atoms with van der Waals surface area (Å²) in [7, 11) is 2.15. The van der Waals surface area contributed by atoms with Gasteiger partial charge in [0.1, 0.15) is 0 Å². The summed E-state index contributed by atoms with van der Waals surface area (Å²) >= 11 is 0. The highest BCUT2D eigenvalue weighted by atomic mass is 19.3. The van der Waals surface area contributed by atoms with Gasteiger partial charge in [-0.15, -0.1) is 0 Å². The van der Waals surface area contributed by atoms with Crippen molar-refractivity contribution in [2.75, 3.05) is 38.1 Å². The summed E-state index contributed by atoms with van der Waals surface area (Å²) in [6.45, 7) is 4.21. The molecule has 0 amide bonds. The lowest BCUT2D eigenvalue weighted by Gasteiger charge is -2.34. The number of nitrogens with one attached hydrogen (secondary N) is 1. The average Bonchev–Trinajstić information content (AvgIpc) is 3.23. The fourth-order valence-corrected chi connectivity index (χ4v) is 4.00. The number of rotatable bonds is 4. The normalized spacial score (nSPS) is 15.2. The monoisotopic (exact) mass is 419 g/mol. The van der Waals surface area contributed by atoms with E-state index in [1.807, 2.05) is 12.3 Å². The second kappa shape index (κ2) is 8.07. The van der Waals surface area contributed by atoms with E-state index in [0.29, 0.717) is 5.65 Å². The van der Waals surface area contributed by atoms with Gasteiger partial charge < -0.3 is 9.80 Å². The molecule has 5 rings (SSSR count). The van der Waals surface area contributed by atoms with Crippen molar-refractivity contribution in [3.8, 4) is 22.4 Å². The first-order chi connectivity index (χ1) is 15.1. The van der Waals surface area contributed by atoms with Crippen molar-refractivity contribution in [2.45, 2.75) is 6.43 Å². The number of nitrogens with zero attached hydrogens (tertiary/aromatic N) is 4. The molecule has 0 aliphatic carbocycles. The molecule has 5 nitrogen and oxygen atoms in total. The third kappa shape index (κ3) is 3.88. The number of hydrogen-bond acceptors (Lipinski definition) is 4. The quantitative estimate of drug-likeness (QED) is 0.507. The molecule has 0 saturated carbocycles. The van der Waals surface area contributed by atoms with Gasteiger partial charge in [-0.25, -0.2) is 13.8 Å². The molecule has 1 fully saturated rings. The molecule has 158 valence electrons. The van der Waals surface area contributed by atoms with E-state index in [1.165, 1.54) is 17.8 Å². The molecule has 31 heavy (non-hydrogen) atoms. The summed E-state index contributed by atoms with van der Waals surface area (Å²) < 4.78 is 25.7. The van der Waals surface area contributed by atoms with Crippen LogP contribution in [0.1, 0.15) is 12.0 Å². The minimum Gasteiger partial charge on any atom is -0.369 e. The third-order valence-electron chi connectivity index (χ3n) is 5.93. The zero-order valence-electron chi connectivity index (χ0n) is 17.2. The van der Waals surface area contributed by atoms with Gasteiger partial charge in [-0.05, 0) is 30.8 Å². The summed E-state index contributed by atoms with van der Waals surface area (Å²) in [4.78, 5) is 9.24. The van der Waals surface area contributed by atoms with E-state index in [-0.39, 0.29) is 5.56 Å². The number of H-pyrrole nitrogens is 1. The van der Waals surface area contributed by atoms with E-state index in [4.69, 9.17) is 0 Å².